The van der Waals surface area contributed by atoms with Gasteiger partial charge in [0, 0.05) is 29.3 Å². The summed E-state index contributed by atoms with van der Waals surface area (Å²) in [7, 11) is 1.20. The van der Waals surface area contributed by atoms with E-state index in [0.717, 1.165) is 16.5 Å². The van der Waals surface area contributed by atoms with Crippen molar-refractivity contribution in [1.29, 1.82) is 0 Å². The second kappa shape index (κ2) is 6.14. The molecule has 8 nitrogen and oxygen atoms in total. The molecule has 5 atom stereocenters. The van der Waals surface area contributed by atoms with Gasteiger partial charge >= 0.3 is 5.97 Å². The van der Waals surface area contributed by atoms with Crippen molar-refractivity contribution in [1.82, 2.24) is 9.88 Å². The van der Waals surface area contributed by atoms with Crippen LogP contribution >= 0.6 is 0 Å². The standard InChI is InChI=1S/C21H22N2O6/c1-29-20(27)15-14(24)7-6-12-16(15)21(28)18(25)17-11(8-9-23(21)19(12)26)10-4-2-3-5-13(10)22-17/h2-5,12,14-16,22,24,28H,6-9H2,1H3. The summed E-state index contributed by atoms with van der Waals surface area (Å²) in [6.07, 6.45) is -0.130. The number of nitrogens with zero attached hydrogens (tertiary/aromatic N) is 1. The van der Waals surface area contributed by atoms with Gasteiger partial charge in [0.2, 0.25) is 17.4 Å². The Morgan fingerprint density at radius 3 is 2.79 bits per heavy atom. The first kappa shape index (κ1) is 18.3. The first-order valence-corrected chi connectivity index (χ1v) is 9.83. The summed E-state index contributed by atoms with van der Waals surface area (Å²) in [4.78, 5) is 43.6. The maximum absolute atomic E-state index is 13.7. The molecular weight excluding hydrogens is 376 g/mol. The molecule has 1 saturated carbocycles. The number of aromatic nitrogens is 1. The number of fused-ring (bicyclic) bond motifs is 6. The number of methoxy groups -OCH3 is 1. The first-order chi connectivity index (χ1) is 13.9. The van der Waals surface area contributed by atoms with Crippen LogP contribution in [0.15, 0.2) is 24.3 Å². The van der Waals surface area contributed by atoms with Crippen molar-refractivity contribution in [3.63, 3.8) is 0 Å². The molecule has 5 rings (SSSR count). The van der Waals surface area contributed by atoms with Gasteiger partial charge in [0.1, 0.15) is 0 Å². The minimum atomic E-state index is -2.20. The van der Waals surface area contributed by atoms with Crippen molar-refractivity contribution in [3.8, 4) is 0 Å². The molecule has 1 aromatic carbocycles. The van der Waals surface area contributed by atoms with Gasteiger partial charge in [-0.3, -0.25) is 14.4 Å². The molecule has 1 aromatic heterocycles. The molecule has 8 heteroatoms. The van der Waals surface area contributed by atoms with E-state index in [2.05, 4.69) is 4.98 Å². The highest BCUT2D eigenvalue weighted by atomic mass is 16.5. The number of aliphatic hydroxyl groups excluding tert-OH is 1. The lowest BCUT2D eigenvalue weighted by Crippen LogP contribution is -2.59. The zero-order chi connectivity index (χ0) is 20.5. The molecule has 0 spiro atoms. The highest BCUT2D eigenvalue weighted by molar-refractivity contribution is 6.10. The number of ketones is 1. The number of H-pyrrole nitrogens is 1. The van der Waals surface area contributed by atoms with E-state index in [1.54, 1.807) is 0 Å². The fraction of sp³-hybridized carbons (Fsp3) is 0.476. The molecule has 0 radical (unpaired) electrons. The summed E-state index contributed by atoms with van der Waals surface area (Å²) >= 11 is 0. The number of Topliss-reactive ketones (excluding diaryl/α,β-unsaturated/α-hetero) is 1. The van der Waals surface area contributed by atoms with Crippen LogP contribution in [0.1, 0.15) is 28.9 Å². The van der Waals surface area contributed by atoms with Crippen molar-refractivity contribution in [2.75, 3.05) is 13.7 Å². The minimum Gasteiger partial charge on any atom is -0.469 e. The van der Waals surface area contributed by atoms with E-state index < -0.39 is 41.3 Å². The minimum absolute atomic E-state index is 0.160. The maximum Gasteiger partial charge on any atom is 0.311 e. The average molecular weight is 398 g/mol. The first-order valence-electron chi connectivity index (χ1n) is 9.83. The molecule has 1 amide bonds. The molecule has 5 unspecified atom stereocenters. The molecule has 2 aromatic rings. The van der Waals surface area contributed by atoms with Gasteiger partial charge in [-0.15, -0.1) is 0 Å². The van der Waals surface area contributed by atoms with Gasteiger partial charge in [-0.2, -0.15) is 0 Å². The van der Waals surface area contributed by atoms with Gasteiger partial charge in [0.15, 0.2) is 0 Å². The number of aromatic amines is 1. The number of aliphatic hydroxyl groups is 2. The van der Waals surface area contributed by atoms with Crippen molar-refractivity contribution < 1.29 is 29.3 Å². The third-order valence-corrected chi connectivity index (χ3v) is 6.90. The quantitative estimate of drug-likeness (QED) is 0.606. The summed E-state index contributed by atoms with van der Waals surface area (Å²) in [5, 5.41) is 23.1. The second-order valence-corrected chi connectivity index (χ2v) is 8.15. The number of hydrogen-bond acceptors (Lipinski definition) is 6. The van der Waals surface area contributed by atoms with Gasteiger partial charge in [0.25, 0.3) is 0 Å². The molecule has 2 fully saturated rings. The number of hydrogen-bond donors (Lipinski definition) is 3. The second-order valence-electron chi connectivity index (χ2n) is 8.15. The molecule has 3 aliphatic rings. The van der Waals surface area contributed by atoms with Crippen LogP contribution in [0, 0.1) is 17.8 Å². The lowest BCUT2D eigenvalue weighted by atomic mass is 9.67. The van der Waals surface area contributed by atoms with E-state index in [1.165, 1.54) is 12.0 Å². The van der Waals surface area contributed by atoms with Crippen LogP contribution in [0.3, 0.4) is 0 Å². The molecule has 3 N–H and O–H groups in total. The van der Waals surface area contributed by atoms with Crippen molar-refractivity contribution in [2.24, 2.45) is 17.8 Å². The molecule has 0 bridgehead atoms. The highest BCUT2D eigenvalue weighted by Crippen LogP contribution is 2.52. The van der Waals surface area contributed by atoms with E-state index in [1.807, 2.05) is 24.3 Å². The van der Waals surface area contributed by atoms with E-state index in [-0.39, 0.29) is 24.6 Å². The number of carbonyl (C=O) groups is 3. The number of benzene rings is 1. The maximum atomic E-state index is 13.7. The van der Waals surface area contributed by atoms with Gasteiger partial charge < -0.3 is 24.8 Å². The van der Waals surface area contributed by atoms with Crippen LogP contribution < -0.4 is 0 Å². The number of rotatable bonds is 1. The Labute approximate surface area is 166 Å². The normalized spacial score (nSPS) is 33.8. The number of para-hydroxylation sites is 1. The number of nitrogens with one attached hydrogen (secondary N) is 1. The Hall–Kier alpha value is -2.71. The Morgan fingerprint density at radius 1 is 1.28 bits per heavy atom. The predicted molar refractivity (Wildman–Crippen MR) is 101 cm³/mol. The van der Waals surface area contributed by atoms with Gasteiger partial charge in [-0.25, -0.2) is 0 Å². The van der Waals surface area contributed by atoms with Crippen LogP contribution in [0.4, 0.5) is 0 Å². The summed E-state index contributed by atoms with van der Waals surface area (Å²) in [5.74, 6) is -4.61. The Balaban J connectivity index is 1.69. The van der Waals surface area contributed by atoms with Crippen LogP contribution in [0.5, 0.6) is 0 Å². The van der Waals surface area contributed by atoms with Crippen molar-refractivity contribution >= 4 is 28.6 Å². The number of ether oxygens (including phenoxy) is 1. The number of amides is 1. The zero-order valence-electron chi connectivity index (χ0n) is 15.9. The summed E-state index contributed by atoms with van der Waals surface area (Å²) in [6.45, 7) is 0.160. The number of carbonyl (C=O) groups excluding carboxylic acids is 3. The Morgan fingerprint density at radius 2 is 2.03 bits per heavy atom. The van der Waals surface area contributed by atoms with Gasteiger partial charge in [-0.1, -0.05) is 18.2 Å². The van der Waals surface area contributed by atoms with Crippen LogP contribution in [0.2, 0.25) is 0 Å². The summed E-state index contributed by atoms with van der Waals surface area (Å²) < 4.78 is 4.85. The molecular formula is C21H22N2O6. The Kier molecular flexibility index (Phi) is 3.88. The molecule has 2 aliphatic heterocycles. The fourth-order valence-corrected chi connectivity index (χ4v) is 5.61. The molecule has 29 heavy (non-hydrogen) atoms. The lowest BCUT2D eigenvalue weighted by molar-refractivity contribution is -0.167. The predicted octanol–water partition coefficient (Wildman–Crippen LogP) is 0.614. The van der Waals surface area contributed by atoms with Crippen molar-refractivity contribution in [3.05, 3.63) is 35.5 Å². The highest BCUT2D eigenvalue weighted by Gasteiger charge is 2.68. The summed E-state index contributed by atoms with van der Waals surface area (Å²) in [6, 6.07) is 7.46. The van der Waals surface area contributed by atoms with Crippen molar-refractivity contribution in [2.45, 2.75) is 31.1 Å². The smallest absolute Gasteiger partial charge is 0.311 e. The van der Waals surface area contributed by atoms with E-state index >= 15 is 0 Å². The molecule has 1 saturated heterocycles. The SMILES string of the molecule is COC(=O)C1C(O)CCC2C(=O)N3CCc4c([nH]c5ccccc45)C(=O)C3(O)C21. The Bertz CT molecular complexity index is 1040. The van der Waals surface area contributed by atoms with Gasteiger partial charge in [0.05, 0.1) is 24.8 Å². The van der Waals surface area contributed by atoms with E-state index in [4.69, 9.17) is 4.74 Å². The van der Waals surface area contributed by atoms with E-state index in [0.29, 0.717) is 12.8 Å². The molecule has 1 aliphatic carbocycles. The average Bonchev–Trinajstić information content (AvgIpc) is 3.16. The van der Waals surface area contributed by atoms with E-state index in [9.17, 15) is 24.6 Å². The monoisotopic (exact) mass is 398 g/mol. The summed E-state index contributed by atoms with van der Waals surface area (Å²) in [5.41, 5.74) is -0.414. The van der Waals surface area contributed by atoms with Gasteiger partial charge in [-0.05, 0) is 30.9 Å². The topological polar surface area (TPSA) is 120 Å². The van der Waals surface area contributed by atoms with Crippen LogP contribution in [0.25, 0.3) is 10.9 Å². The van der Waals surface area contributed by atoms with Crippen LogP contribution in [-0.4, -0.2) is 63.2 Å². The lowest BCUT2D eigenvalue weighted by Gasteiger charge is -2.41. The third kappa shape index (κ3) is 2.24. The molecule has 3 heterocycles. The zero-order valence-corrected chi connectivity index (χ0v) is 15.9. The third-order valence-electron chi connectivity index (χ3n) is 6.90. The molecule has 152 valence electrons. The van der Waals surface area contributed by atoms with Crippen LogP contribution in [-0.2, 0) is 20.7 Å². The largest absolute Gasteiger partial charge is 0.469 e. The number of esters is 1. The fourth-order valence-electron chi connectivity index (χ4n) is 5.61.